The number of esters is 1. The van der Waals surface area contributed by atoms with Crippen LogP contribution < -0.4 is 0 Å². The molecule has 0 radical (unpaired) electrons. The number of Topliss-reactive ketones (excluding diaryl/α,β-unsaturated/α-hetero) is 1. The zero-order valence-electron chi connectivity index (χ0n) is 9.96. The Morgan fingerprint density at radius 3 is 2.58 bits per heavy atom. The number of benzene rings is 1. The summed E-state index contributed by atoms with van der Waals surface area (Å²) < 4.78 is 4.93. The van der Waals surface area contributed by atoms with Gasteiger partial charge < -0.3 is 4.74 Å². The van der Waals surface area contributed by atoms with Crippen LogP contribution in [-0.2, 0) is 4.74 Å². The second-order valence-corrected chi connectivity index (χ2v) is 4.50. The van der Waals surface area contributed by atoms with Crippen molar-refractivity contribution in [3.05, 3.63) is 58.3 Å². The van der Waals surface area contributed by atoms with Crippen LogP contribution in [0.1, 0.15) is 20.0 Å². The molecule has 1 aromatic heterocycles. The van der Waals surface area contributed by atoms with Gasteiger partial charge in [0.2, 0.25) is 5.78 Å². The van der Waals surface area contributed by atoms with E-state index in [2.05, 4.69) is 11.8 Å². The molecular weight excluding hydrogens is 260 g/mol. The van der Waals surface area contributed by atoms with Crippen LogP contribution in [0.4, 0.5) is 0 Å². The molecule has 0 aliphatic heterocycles. The number of ketones is 1. The molecule has 94 valence electrons. The van der Waals surface area contributed by atoms with E-state index >= 15 is 0 Å². The van der Waals surface area contributed by atoms with E-state index in [9.17, 15) is 9.59 Å². The maximum absolute atomic E-state index is 11.5. The van der Waals surface area contributed by atoms with Crippen molar-refractivity contribution in [3.8, 4) is 11.8 Å². The average molecular weight is 270 g/mol. The Morgan fingerprint density at radius 1 is 1.11 bits per heavy atom. The molecule has 0 saturated carbocycles. The Hall–Kier alpha value is -2.38. The number of carbonyl (C=O) groups is 2. The van der Waals surface area contributed by atoms with Crippen LogP contribution in [0.2, 0.25) is 0 Å². The molecule has 2 rings (SSSR count). The topological polar surface area (TPSA) is 43.4 Å². The Balaban J connectivity index is 1.85. The van der Waals surface area contributed by atoms with Gasteiger partial charge in [0.15, 0.2) is 6.61 Å². The van der Waals surface area contributed by atoms with Gasteiger partial charge in [0.25, 0.3) is 0 Å². The van der Waals surface area contributed by atoms with Crippen molar-refractivity contribution in [2.24, 2.45) is 0 Å². The summed E-state index contributed by atoms with van der Waals surface area (Å²) in [6.07, 6.45) is 0. The third kappa shape index (κ3) is 3.80. The number of hydrogen-bond acceptors (Lipinski definition) is 4. The van der Waals surface area contributed by atoms with Gasteiger partial charge in [-0.05, 0) is 29.5 Å². The molecule has 0 saturated heterocycles. The van der Waals surface area contributed by atoms with E-state index in [4.69, 9.17) is 4.74 Å². The first-order valence-corrected chi connectivity index (χ1v) is 6.44. The van der Waals surface area contributed by atoms with Crippen LogP contribution in [-0.4, -0.2) is 18.4 Å². The van der Waals surface area contributed by atoms with Gasteiger partial charge in [-0.1, -0.05) is 30.2 Å². The molecule has 0 bridgehead atoms. The highest BCUT2D eigenvalue weighted by Crippen LogP contribution is 2.08. The van der Waals surface area contributed by atoms with Crippen LogP contribution in [0, 0.1) is 11.8 Å². The van der Waals surface area contributed by atoms with Gasteiger partial charge in [-0.15, -0.1) is 11.3 Å². The van der Waals surface area contributed by atoms with Gasteiger partial charge in [-0.2, -0.15) is 0 Å². The molecule has 3 nitrogen and oxygen atoms in total. The zero-order chi connectivity index (χ0) is 13.5. The summed E-state index contributed by atoms with van der Waals surface area (Å²) in [6.45, 7) is -0.0924. The molecule has 0 unspecified atom stereocenters. The van der Waals surface area contributed by atoms with E-state index in [0.29, 0.717) is 10.4 Å². The van der Waals surface area contributed by atoms with E-state index < -0.39 is 5.97 Å². The second-order valence-electron chi connectivity index (χ2n) is 3.55. The van der Waals surface area contributed by atoms with Gasteiger partial charge in [0, 0.05) is 0 Å². The van der Waals surface area contributed by atoms with Crippen molar-refractivity contribution < 1.29 is 14.3 Å². The van der Waals surface area contributed by atoms with Gasteiger partial charge in [0.1, 0.15) is 0 Å². The van der Waals surface area contributed by atoms with Gasteiger partial charge in [0.05, 0.1) is 10.4 Å². The van der Waals surface area contributed by atoms with Crippen LogP contribution in [0.25, 0.3) is 0 Å². The highest BCUT2D eigenvalue weighted by Gasteiger charge is 2.04. The molecule has 0 aliphatic rings. The second kappa shape index (κ2) is 6.53. The molecule has 1 heterocycles. The summed E-state index contributed by atoms with van der Waals surface area (Å²) in [4.78, 5) is 23.6. The number of hydrogen-bond donors (Lipinski definition) is 0. The molecule has 19 heavy (non-hydrogen) atoms. The lowest BCUT2D eigenvalue weighted by atomic mass is 10.2. The lowest BCUT2D eigenvalue weighted by Gasteiger charge is -1.99. The smallest absolute Gasteiger partial charge is 0.339 e. The van der Waals surface area contributed by atoms with Crippen molar-refractivity contribution in [3.63, 3.8) is 0 Å². The largest absolute Gasteiger partial charge is 0.449 e. The predicted molar refractivity (Wildman–Crippen MR) is 73.2 cm³/mol. The Labute approximate surface area is 114 Å². The monoisotopic (exact) mass is 270 g/mol. The Morgan fingerprint density at radius 2 is 1.89 bits per heavy atom. The summed E-state index contributed by atoms with van der Waals surface area (Å²) in [5.41, 5.74) is 0.467. The molecule has 0 fully saturated rings. The maximum Gasteiger partial charge on any atom is 0.339 e. The lowest BCUT2D eigenvalue weighted by molar-refractivity contribution is 0.0556. The molecule has 0 atom stereocenters. The quantitative estimate of drug-likeness (QED) is 0.373. The maximum atomic E-state index is 11.5. The van der Waals surface area contributed by atoms with Crippen molar-refractivity contribution in [2.75, 3.05) is 6.61 Å². The van der Waals surface area contributed by atoms with E-state index in [1.165, 1.54) is 11.3 Å². The third-order valence-electron chi connectivity index (χ3n) is 2.23. The van der Waals surface area contributed by atoms with E-state index in [0.717, 1.165) is 0 Å². The highest BCUT2D eigenvalue weighted by atomic mass is 32.1. The average Bonchev–Trinajstić information content (AvgIpc) is 2.98. The molecule has 0 spiro atoms. The first kappa shape index (κ1) is 13.1. The van der Waals surface area contributed by atoms with Crippen LogP contribution in [0.15, 0.2) is 47.8 Å². The van der Waals surface area contributed by atoms with Crippen molar-refractivity contribution in [2.45, 2.75) is 0 Å². The number of carbonyl (C=O) groups excluding carboxylic acids is 2. The van der Waals surface area contributed by atoms with Crippen molar-refractivity contribution >= 4 is 23.1 Å². The zero-order valence-corrected chi connectivity index (χ0v) is 10.8. The fraction of sp³-hybridized carbons (Fsp3) is 0.0667. The fourth-order valence-corrected chi connectivity index (χ4v) is 1.96. The summed E-state index contributed by atoms with van der Waals surface area (Å²) >= 11 is 1.33. The minimum Gasteiger partial charge on any atom is -0.449 e. The van der Waals surface area contributed by atoms with E-state index in [1.54, 1.807) is 36.4 Å². The molecule has 0 aliphatic carbocycles. The van der Waals surface area contributed by atoms with Crippen LogP contribution >= 0.6 is 11.3 Å². The van der Waals surface area contributed by atoms with E-state index in [-0.39, 0.29) is 12.4 Å². The van der Waals surface area contributed by atoms with Crippen molar-refractivity contribution in [1.82, 2.24) is 0 Å². The number of rotatable bonds is 3. The lowest BCUT2D eigenvalue weighted by Crippen LogP contribution is -2.05. The van der Waals surface area contributed by atoms with E-state index in [1.807, 2.05) is 11.4 Å². The summed E-state index contributed by atoms with van der Waals surface area (Å²) in [5, 5.41) is 1.81. The number of ether oxygens (including phenoxy) is 1. The van der Waals surface area contributed by atoms with Gasteiger partial charge in [-0.25, -0.2) is 4.79 Å². The third-order valence-corrected chi connectivity index (χ3v) is 3.10. The van der Waals surface area contributed by atoms with Crippen LogP contribution in [0.5, 0.6) is 0 Å². The molecule has 0 amide bonds. The molecular formula is C15H10O3S. The Kier molecular flexibility index (Phi) is 4.49. The van der Waals surface area contributed by atoms with Crippen molar-refractivity contribution in [1.29, 1.82) is 0 Å². The minimum absolute atomic E-state index is 0.0924. The van der Waals surface area contributed by atoms with Gasteiger partial charge >= 0.3 is 5.97 Å². The van der Waals surface area contributed by atoms with Gasteiger partial charge in [-0.3, -0.25) is 4.79 Å². The highest BCUT2D eigenvalue weighted by molar-refractivity contribution is 7.12. The summed E-state index contributed by atoms with van der Waals surface area (Å²) in [7, 11) is 0. The molecule has 1 aromatic carbocycles. The molecule has 4 heteroatoms. The molecule has 2 aromatic rings. The summed E-state index contributed by atoms with van der Waals surface area (Å²) in [6, 6.07) is 12.1. The first-order chi connectivity index (χ1) is 9.27. The first-order valence-electron chi connectivity index (χ1n) is 5.56. The molecule has 0 N–H and O–H groups in total. The number of thiophene rings is 1. The normalized spacial score (nSPS) is 9.26. The fourth-order valence-electron chi connectivity index (χ4n) is 1.34. The summed E-state index contributed by atoms with van der Waals surface area (Å²) in [5.74, 6) is 4.27. The standard InChI is InChI=1S/C15H10O3S/c16-13(14-9-5-11-19-14)8-4-10-18-15(17)12-6-2-1-3-7-12/h1-3,5-7,9,11H,10H2. The predicted octanol–water partition coefficient (Wildman–Crippen LogP) is 2.79. The van der Waals surface area contributed by atoms with Crippen LogP contribution in [0.3, 0.4) is 0 Å². The Bertz CT molecular complexity index is 618. The SMILES string of the molecule is O=C(OCC#CC(=O)c1cccs1)c1ccccc1. The minimum atomic E-state index is -0.446.